The normalized spacial score (nSPS) is 29.2. The van der Waals surface area contributed by atoms with E-state index in [0.29, 0.717) is 0 Å². The molecular weight excluding hydrogens is 593 g/mol. The van der Waals surface area contributed by atoms with Gasteiger partial charge in [-0.05, 0) is 38.5 Å². The third-order valence-electron chi connectivity index (χ3n) is 6.08. The lowest BCUT2D eigenvalue weighted by Crippen LogP contribution is -2.35. The second kappa shape index (κ2) is 11.5. The maximum Gasteiger partial charge on any atom is 0.327 e. The van der Waals surface area contributed by atoms with Gasteiger partial charge in [0.15, 0.2) is 34.4 Å². The number of hydrogen-bond donors (Lipinski definition) is 4. The van der Waals surface area contributed by atoms with Gasteiger partial charge < -0.3 is 30.4 Å². The minimum atomic E-state index is -4.36. The first kappa shape index (κ1) is 29.2. The molecule has 0 radical (unpaired) electrons. The number of aromatic nitrogens is 10. The van der Waals surface area contributed by atoms with Crippen molar-refractivity contribution in [3.63, 3.8) is 0 Å². The van der Waals surface area contributed by atoms with Gasteiger partial charge in [-0.15, -0.1) is 10.2 Å². The number of fused-ring (bicyclic) bond motifs is 2. The van der Waals surface area contributed by atoms with Crippen molar-refractivity contribution in [1.82, 2.24) is 49.9 Å². The third-order valence-corrected chi connectivity index (χ3v) is 7.60. The maximum atomic E-state index is 15.5. The fraction of sp³-hybridized carbons (Fsp3) is 0.579. The molecule has 1 aliphatic heterocycles. The van der Waals surface area contributed by atoms with Crippen molar-refractivity contribution in [3.8, 4) is 0 Å². The van der Waals surface area contributed by atoms with Crippen LogP contribution in [0.2, 0.25) is 0 Å². The van der Waals surface area contributed by atoms with E-state index in [0.717, 1.165) is 4.68 Å². The Balaban J connectivity index is 1.38. The zero-order valence-electron chi connectivity index (χ0n) is 21.4. The van der Waals surface area contributed by atoms with Crippen LogP contribution in [-0.2, 0) is 30.3 Å². The van der Waals surface area contributed by atoms with E-state index >= 15 is 8.78 Å². The van der Waals surface area contributed by atoms with Crippen LogP contribution in [0.15, 0.2) is 11.1 Å². The Kier molecular flexibility index (Phi) is 8.19. The number of nitrogens with two attached hydrogens (primary N) is 2. The molecule has 0 aromatic carbocycles. The van der Waals surface area contributed by atoms with Gasteiger partial charge in [0.1, 0.15) is 18.6 Å². The predicted octanol–water partition coefficient (Wildman–Crippen LogP) is 0.399. The van der Waals surface area contributed by atoms with Crippen LogP contribution < -0.4 is 17.0 Å². The maximum absolute atomic E-state index is 15.5. The molecule has 1 saturated heterocycles. The number of nitrogens with zero attached hydrogens (tertiary/aromatic N) is 9. The lowest BCUT2D eigenvalue weighted by Gasteiger charge is -2.31. The summed E-state index contributed by atoms with van der Waals surface area (Å²) >= 11 is 4.97. The number of anilines is 2. The summed E-state index contributed by atoms with van der Waals surface area (Å²) in [5.74, 6) is -0.183. The predicted molar refractivity (Wildman–Crippen MR) is 140 cm³/mol. The Morgan fingerprint density at radius 3 is 2.76 bits per heavy atom. The van der Waals surface area contributed by atoms with Crippen LogP contribution >= 0.6 is 6.72 Å². The number of nitrogen functional groups attached to an aromatic ring is 2. The lowest BCUT2D eigenvalue weighted by atomic mass is 10.1. The number of rotatable bonds is 4. The molecule has 7 atom stereocenters. The topological polar surface area (TPSA) is 242 Å². The van der Waals surface area contributed by atoms with Gasteiger partial charge in [0.25, 0.3) is 11.9 Å². The zero-order valence-corrected chi connectivity index (χ0v) is 23.2. The fourth-order valence-corrected chi connectivity index (χ4v) is 5.27. The first-order valence-electron chi connectivity index (χ1n) is 12.1. The van der Waals surface area contributed by atoms with Gasteiger partial charge in [-0.1, -0.05) is 10.4 Å². The minimum Gasteiger partial charge on any atom is -0.382 e. The molecule has 4 aromatic heterocycles. The van der Waals surface area contributed by atoms with Gasteiger partial charge in [-0.3, -0.25) is 14.3 Å². The second-order valence-electron chi connectivity index (χ2n) is 9.05. The minimum absolute atomic E-state index is 0.0741. The summed E-state index contributed by atoms with van der Waals surface area (Å²) in [6.45, 7) is -1.85. The highest BCUT2D eigenvalue weighted by molar-refractivity contribution is 8.07. The van der Waals surface area contributed by atoms with E-state index in [-0.39, 0.29) is 46.9 Å². The van der Waals surface area contributed by atoms with Crippen molar-refractivity contribution in [3.05, 3.63) is 16.7 Å². The molecule has 1 unspecified atom stereocenters. The molecule has 41 heavy (non-hydrogen) atoms. The smallest absolute Gasteiger partial charge is 0.327 e. The molecule has 18 nitrogen and oxygen atoms in total. The first-order chi connectivity index (χ1) is 19.4. The van der Waals surface area contributed by atoms with Crippen LogP contribution in [0.4, 0.5) is 20.5 Å². The molecule has 0 spiro atoms. The van der Waals surface area contributed by atoms with E-state index < -0.39 is 56.1 Å². The van der Waals surface area contributed by atoms with Gasteiger partial charge in [-0.2, -0.15) is 14.3 Å². The number of aromatic amines is 1. The van der Waals surface area contributed by atoms with Gasteiger partial charge in [-0.25, -0.2) is 18.7 Å². The molecule has 5 rings (SSSR count). The first-order valence-corrected chi connectivity index (χ1v) is 14.7. The van der Waals surface area contributed by atoms with Crippen LogP contribution in [0.5, 0.6) is 0 Å². The Labute approximate surface area is 233 Å². The number of H-pyrrole nitrogens is 1. The van der Waals surface area contributed by atoms with Gasteiger partial charge in [0, 0.05) is 0 Å². The Bertz CT molecular complexity index is 1660. The van der Waals surface area contributed by atoms with Crippen molar-refractivity contribution in [2.24, 2.45) is 0 Å². The second-order valence-corrected chi connectivity index (χ2v) is 11.8. The van der Waals surface area contributed by atoms with Gasteiger partial charge in [0.2, 0.25) is 12.2 Å². The molecule has 0 amide bonds. The van der Waals surface area contributed by atoms with E-state index in [4.69, 9.17) is 41.8 Å². The highest BCUT2D eigenvalue weighted by Crippen LogP contribution is 2.48. The van der Waals surface area contributed by atoms with Crippen molar-refractivity contribution in [2.75, 3.05) is 18.1 Å². The molecular formula is C19H25F2N12O6PS. The molecule has 1 aliphatic rings. The van der Waals surface area contributed by atoms with E-state index in [1.165, 1.54) is 11.0 Å². The monoisotopic (exact) mass is 618 g/mol. The largest absolute Gasteiger partial charge is 0.382 e. The number of ether oxygens (including phenoxy) is 2. The summed E-state index contributed by atoms with van der Waals surface area (Å²) in [5, 5.41) is 15.3. The van der Waals surface area contributed by atoms with Crippen molar-refractivity contribution in [1.29, 1.82) is 0 Å². The number of nitrogens with one attached hydrogen (secondary N) is 1. The SMILES string of the molecule is C[C@@H]1CC[C@@H](F)[C@H](O[C@H](C)n2nnc3c(N)ncnc32)COP(O)(=S)O[C@H](F)[C@H](n2nnc3c(=O)[nH]c(N)nc32)O1. The molecule has 1 fully saturated rings. The molecule has 0 aliphatic carbocycles. The molecule has 222 valence electrons. The summed E-state index contributed by atoms with van der Waals surface area (Å²) < 4.78 is 55.1. The summed E-state index contributed by atoms with van der Waals surface area (Å²) in [6.07, 6.45) is -7.77. The highest BCUT2D eigenvalue weighted by atomic mass is 32.5. The van der Waals surface area contributed by atoms with Crippen LogP contribution in [0.3, 0.4) is 0 Å². The summed E-state index contributed by atoms with van der Waals surface area (Å²) in [4.78, 5) is 36.9. The molecule has 22 heteroatoms. The zero-order chi connectivity index (χ0) is 29.5. The van der Waals surface area contributed by atoms with Crippen molar-refractivity contribution in [2.45, 2.75) is 63.9 Å². The summed E-state index contributed by atoms with van der Waals surface area (Å²) in [5.41, 5.74) is 10.7. The van der Waals surface area contributed by atoms with Gasteiger partial charge >= 0.3 is 6.72 Å². The van der Waals surface area contributed by atoms with Crippen LogP contribution in [-0.4, -0.2) is 86.2 Å². The van der Waals surface area contributed by atoms with E-state index in [9.17, 15) is 9.69 Å². The van der Waals surface area contributed by atoms with Gasteiger partial charge in [0.05, 0.1) is 12.7 Å². The standard InChI is InChI=1S/C19H25F2N12O6PS/c1-7-3-4-9(20)10(38-8(2)32-15-11(28-30-32)14(22)24-6-25-15)5-36-40(35,41)39-13(21)18(37-7)33-16-12(29-31-33)17(34)27-19(23)26-16/h6-10,13,18H,3-5H2,1-2H3,(H,35,41)(H2,22,24,25)(H3,23,26,27,34)/t7-,8-,9-,10-,13+,18-,40?/m1/s1. The Hall–Kier alpha value is -3.33. The Morgan fingerprint density at radius 1 is 1.22 bits per heavy atom. The van der Waals surface area contributed by atoms with Crippen molar-refractivity contribution < 1.29 is 32.2 Å². The van der Waals surface area contributed by atoms with E-state index in [1.807, 2.05) is 0 Å². The molecule has 0 bridgehead atoms. The average Bonchev–Trinajstić information content (AvgIpc) is 3.53. The molecule has 5 heterocycles. The van der Waals surface area contributed by atoms with Crippen LogP contribution in [0.1, 0.15) is 39.1 Å². The quantitative estimate of drug-likeness (QED) is 0.226. The van der Waals surface area contributed by atoms with Crippen molar-refractivity contribution >= 4 is 52.6 Å². The molecule has 6 N–H and O–H groups in total. The molecule has 0 saturated carbocycles. The van der Waals surface area contributed by atoms with Crippen LogP contribution in [0, 0.1) is 0 Å². The Morgan fingerprint density at radius 2 is 1.98 bits per heavy atom. The third kappa shape index (κ3) is 6.15. The van der Waals surface area contributed by atoms with E-state index in [2.05, 4.69) is 40.6 Å². The van der Waals surface area contributed by atoms with E-state index in [1.54, 1.807) is 13.8 Å². The summed E-state index contributed by atoms with van der Waals surface area (Å²) in [7, 11) is 0. The number of alkyl halides is 2. The fourth-order valence-electron chi connectivity index (χ4n) is 4.09. The average molecular weight is 619 g/mol. The van der Waals surface area contributed by atoms with Crippen LogP contribution in [0.25, 0.3) is 22.3 Å². The lowest BCUT2D eigenvalue weighted by molar-refractivity contribution is -0.163. The molecule has 4 aromatic rings. The number of hydrogen-bond acceptors (Lipinski definition) is 15. The highest BCUT2D eigenvalue weighted by Gasteiger charge is 2.37. The number of halogens is 2. The summed E-state index contributed by atoms with van der Waals surface area (Å²) in [6, 6.07) is 0.